The Labute approximate surface area is 99.4 Å². The summed E-state index contributed by atoms with van der Waals surface area (Å²) in [6, 6.07) is 0. The molecule has 0 aliphatic heterocycles. The summed E-state index contributed by atoms with van der Waals surface area (Å²) in [5, 5.41) is 3.38. The van der Waals surface area contributed by atoms with Gasteiger partial charge in [-0.2, -0.15) is 0 Å². The topological polar surface area (TPSA) is 42.7 Å². The van der Waals surface area contributed by atoms with Crippen molar-refractivity contribution in [1.82, 2.24) is 19.9 Å². The van der Waals surface area contributed by atoms with Crippen molar-refractivity contribution in [3.63, 3.8) is 0 Å². The van der Waals surface area contributed by atoms with E-state index in [1.807, 2.05) is 24.1 Å². The first-order chi connectivity index (χ1) is 7.90. The van der Waals surface area contributed by atoms with Gasteiger partial charge in [0.2, 0.25) is 0 Å². The number of aryl methyl sites for hydroxylation is 1. The minimum absolute atomic E-state index is 0.810. The molecule has 0 radical (unpaired) electrons. The standard InChI is InChI=1S/C11H16N4S/c1-2-4-15-5-3-14-11(15)8-12-6-10-7-13-9-16-10/h3,5,7,9,12H,2,4,6,8H2,1H3. The number of rotatable bonds is 6. The molecule has 2 aromatic heterocycles. The lowest BCUT2D eigenvalue weighted by Crippen LogP contribution is -2.16. The molecule has 0 fully saturated rings. The van der Waals surface area contributed by atoms with E-state index in [1.165, 1.54) is 4.88 Å². The Morgan fingerprint density at radius 1 is 1.44 bits per heavy atom. The molecule has 0 aliphatic rings. The van der Waals surface area contributed by atoms with E-state index in [9.17, 15) is 0 Å². The molecule has 0 atom stereocenters. The van der Waals surface area contributed by atoms with Crippen molar-refractivity contribution in [3.05, 3.63) is 34.8 Å². The molecule has 0 spiro atoms. The van der Waals surface area contributed by atoms with Crippen molar-refractivity contribution in [2.45, 2.75) is 33.0 Å². The lowest BCUT2D eigenvalue weighted by atomic mass is 10.4. The second-order valence-corrected chi connectivity index (χ2v) is 4.58. The quantitative estimate of drug-likeness (QED) is 0.834. The molecule has 0 saturated heterocycles. The summed E-state index contributed by atoms with van der Waals surface area (Å²) in [4.78, 5) is 9.64. The van der Waals surface area contributed by atoms with Gasteiger partial charge in [-0.25, -0.2) is 4.98 Å². The highest BCUT2D eigenvalue weighted by Crippen LogP contribution is 2.05. The van der Waals surface area contributed by atoms with E-state index in [-0.39, 0.29) is 0 Å². The minimum Gasteiger partial charge on any atom is -0.334 e. The van der Waals surface area contributed by atoms with Gasteiger partial charge in [0.15, 0.2) is 0 Å². The van der Waals surface area contributed by atoms with Crippen LogP contribution in [-0.4, -0.2) is 14.5 Å². The van der Waals surface area contributed by atoms with Crippen LogP contribution >= 0.6 is 11.3 Å². The Kier molecular flexibility index (Phi) is 4.07. The zero-order valence-corrected chi connectivity index (χ0v) is 10.2. The van der Waals surface area contributed by atoms with E-state index in [0.717, 1.165) is 31.9 Å². The average molecular weight is 236 g/mol. The minimum atomic E-state index is 0.810. The molecule has 1 N–H and O–H groups in total. The van der Waals surface area contributed by atoms with Crippen molar-refractivity contribution in [2.24, 2.45) is 0 Å². The van der Waals surface area contributed by atoms with E-state index in [0.29, 0.717) is 0 Å². The number of aromatic nitrogens is 3. The van der Waals surface area contributed by atoms with Crippen molar-refractivity contribution < 1.29 is 0 Å². The predicted octanol–water partition coefficient (Wildman–Crippen LogP) is 2.04. The van der Waals surface area contributed by atoms with Crippen LogP contribution in [0.2, 0.25) is 0 Å². The number of nitrogens with one attached hydrogen (secondary N) is 1. The fourth-order valence-electron chi connectivity index (χ4n) is 1.58. The number of thiazole rings is 1. The van der Waals surface area contributed by atoms with Gasteiger partial charge in [0.1, 0.15) is 5.82 Å². The van der Waals surface area contributed by atoms with Gasteiger partial charge in [-0.05, 0) is 6.42 Å². The molecule has 2 heterocycles. The number of nitrogens with zero attached hydrogens (tertiary/aromatic N) is 3. The fraction of sp³-hybridized carbons (Fsp3) is 0.455. The van der Waals surface area contributed by atoms with Crippen LogP contribution < -0.4 is 5.32 Å². The maximum atomic E-state index is 4.34. The molecule has 0 unspecified atom stereocenters. The zero-order valence-electron chi connectivity index (χ0n) is 9.39. The highest BCUT2D eigenvalue weighted by Gasteiger charge is 2.01. The molecular formula is C11H16N4S. The Hall–Kier alpha value is -1.20. The number of imidazole rings is 1. The number of hydrogen-bond acceptors (Lipinski definition) is 4. The molecule has 0 aliphatic carbocycles. The normalized spacial score (nSPS) is 10.8. The summed E-state index contributed by atoms with van der Waals surface area (Å²) >= 11 is 1.67. The smallest absolute Gasteiger partial charge is 0.122 e. The van der Waals surface area contributed by atoms with Crippen molar-refractivity contribution in [2.75, 3.05) is 0 Å². The first-order valence-electron chi connectivity index (χ1n) is 5.48. The molecule has 2 aromatic rings. The van der Waals surface area contributed by atoms with Crippen molar-refractivity contribution in [1.29, 1.82) is 0 Å². The molecule has 16 heavy (non-hydrogen) atoms. The van der Waals surface area contributed by atoms with Crippen LogP contribution in [0.1, 0.15) is 24.0 Å². The highest BCUT2D eigenvalue weighted by molar-refractivity contribution is 7.09. The van der Waals surface area contributed by atoms with Crippen molar-refractivity contribution in [3.8, 4) is 0 Å². The van der Waals surface area contributed by atoms with Crippen LogP contribution in [0.3, 0.4) is 0 Å². The maximum Gasteiger partial charge on any atom is 0.122 e. The second-order valence-electron chi connectivity index (χ2n) is 3.61. The molecule has 0 bridgehead atoms. The summed E-state index contributed by atoms with van der Waals surface area (Å²) in [5.74, 6) is 1.10. The maximum absolute atomic E-state index is 4.34. The van der Waals surface area contributed by atoms with E-state index in [1.54, 1.807) is 11.3 Å². The van der Waals surface area contributed by atoms with Gasteiger partial charge in [0, 0.05) is 36.6 Å². The largest absolute Gasteiger partial charge is 0.334 e. The third kappa shape index (κ3) is 2.90. The molecule has 0 aromatic carbocycles. The average Bonchev–Trinajstić information content (AvgIpc) is 2.91. The van der Waals surface area contributed by atoms with Crippen molar-refractivity contribution >= 4 is 11.3 Å². The SMILES string of the molecule is CCCn1ccnc1CNCc1cncs1. The van der Waals surface area contributed by atoms with E-state index in [2.05, 4.69) is 26.8 Å². The summed E-state index contributed by atoms with van der Waals surface area (Å²) in [5.41, 5.74) is 1.86. The third-order valence-electron chi connectivity index (χ3n) is 2.33. The molecule has 86 valence electrons. The summed E-state index contributed by atoms with van der Waals surface area (Å²) in [6.45, 7) is 4.89. The van der Waals surface area contributed by atoms with Gasteiger partial charge in [-0.3, -0.25) is 4.98 Å². The van der Waals surface area contributed by atoms with Gasteiger partial charge >= 0.3 is 0 Å². The molecule has 5 heteroatoms. The first-order valence-corrected chi connectivity index (χ1v) is 6.36. The summed E-state index contributed by atoms with van der Waals surface area (Å²) < 4.78 is 2.19. The predicted molar refractivity (Wildman–Crippen MR) is 65.2 cm³/mol. The van der Waals surface area contributed by atoms with Gasteiger partial charge in [0.25, 0.3) is 0 Å². The van der Waals surface area contributed by atoms with Crippen LogP contribution in [0, 0.1) is 0 Å². The lowest BCUT2D eigenvalue weighted by molar-refractivity contribution is 0.590. The Balaban J connectivity index is 1.82. The lowest BCUT2D eigenvalue weighted by Gasteiger charge is -2.06. The van der Waals surface area contributed by atoms with Crippen LogP contribution in [-0.2, 0) is 19.6 Å². The van der Waals surface area contributed by atoms with E-state index < -0.39 is 0 Å². The van der Waals surface area contributed by atoms with Gasteiger partial charge in [-0.15, -0.1) is 11.3 Å². The fourth-order valence-corrected chi connectivity index (χ4v) is 2.14. The van der Waals surface area contributed by atoms with Crippen LogP contribution in [0.5, 0.6) is 0 Å². The Bertz CT molecular complexity index is 407. The molecular weight excluding hydrogens is 220 g/mol. The van der Waals surface area contributed by atoms with Crippen LogP contribution in [0.15, 0.2) is 24.1 Å². The monoisotopic (exact) mass is 236 g/mol. The van der Waals surface area contributed by atoms with Crippen LogP contribution in [0.25, 0.3) is 0 Å². The third-order valence-corrected chi connectivity index (χ3v) is 3.11. The van der Waals surface area contributed by atoms with Gasteiger partial charge < -0.3 is 9.88 Å². The first kappa shape index (κ1) is 11.3. The molecule has 2 rings (SSSR count). The summed E-state index contributed by atoms with van der Waals surface area (Å²) in [7, 11) is 0. The number of hydrogen-bond donors (Lipinski definition) is 1. The summed E-state index contributed by atoms with van der Waals surface area (Å²) in [6.07, 6.45) is 6.93. The van der Waals surface area contributed by atoms with E-state index in [4.69, 9.17) is 0 Å². The second kappa shape index (κ2) is 5.77. The van der Waals surface area contributed by atoms with Gasteiger partial charge in [-0.1, -0.05) is 6.92 Å². The highest BCUT2D eigenvalue weighted by atomic mass is 32.1. The zero-order chi connectivity index (χ0) is 11.2. The van der Waals surface area contributed by atoms with Crippen LogP contribution in [0.4, 0.5) is 0 Å². The molecule has 4 nitrogen and oxygen atoms in total. The van der Waals surface area contributed by atoms with E-state index >= 15 is 0 Å². The van der Waals surface area contributed by atoms with Gasteiger partial charge in [0.05, 0.1) is 12.1 Å². The molecule has 0 amide bonds. The molecule has 0 saturated carbocycles. The Morgan fingerprint density at radius 2 is 2.38 bits per heavy atom. The Morgan fingerprint density at radius 3 is 3.12 bits per heavy atom.